The van der Waals surface area contributed by atoms with Gasteiger partial charge in [0, 0.05) is 7.11 Å². The van der Waals surface area contributed by atoms with E-state index in [1.807, 2.05) is 0 Å². The molecule has 11 heavy (non-hydrogen) atoms. The number of rotatable bonds is 4. The molecule has 0 aromatic rings. The summed E-state index contributed by atoms with van der Waals surface area (Å²) in [5.74, 6) is -0.839. The molecule has 66 valence electrons. The summed E-state index contributed by atoms with van der Waals surface area (Å²) in [5.41, 5.74) is 0. The standard InChI is InChI=1S/C7H13FO3/c1-5(10-3)4-11-7(9)6(2)8/h5-6H,4H2,1-3H3. The summed E-state index contributed by atoms with van der Waals surface area (Å²) in [6.45, 7) is 2.97. The van der Waals surface area contributed by atoms with Crippen molar-refractivity contribution < 1.29 is 18.7 Å². The van der Waals surface area contributed by atoms with E-state index < -0.39 is 12.1 Å². The molecule has 0 aliphatic heterocycles. The van der Waals surface area contributed by atoms with Gasteiger partial charge in [0.15, 0.2) is 6.17 Å². The van der Waals surface area contributed by atoms with Gasteiger partial charge < -0.3 is 9.47 Å². The van der Waals surface area contributed by atoms with Crippen LogP contribution in [0.15, 0.2) is 0 Å². The Morgan fingerprint density at radius 3 is 2.45 bits per heavy atom. The minimum atomic E-state index is -1.56. The number of hydrogen-bond donors (Lipinski definition) is 0. The van der Waals surface area contributed by atoms with Crippen molar-refractivity contribution in [2.24, 2.45) is 0 Å². The van der Waals surface area contributed by atoms with E-state index >= 15 is 0 Å². The highest BCUT2D eigenvalue weighted by Crippen LogP contribution is 1.95. The highest BCUT2D eigenvalue weighted by Gasteiger charge is 2.13. The summed E-state index contributed by atoms with van der Waals surface area (Å²) in [7, 11) is 1.50. The molecule has 4 heteroatoms. The van der Waals surface area contributed by atoms with Crippen LogP contribution in [0.1, 0.15) is 13.8 Å². The average Bonchev–Trinajstić information content (AvgIpc) is 1.99. The second kappa shape index (κ2) is 5.07. The van der Waals surface area contributed by atoms with Crippen molar-refractivity contribution in [1.29, 1.82) is 0 Å². The summed E-state index contributed by atoms with van der Waals surface area (Å²) >= 11 is 0. The molecule has 0 fully saturated rings. The molecule has 0 aliphatic rings. The number of ether oxygens (including phenoxy) is 2. The molecule has 0 spiro atoms. The minimum Gasteiger partial charge on any atom is -0.461 e. The Labute approximate surface area is 65.5 Å². The normalized spacial score (nSPS) is 15.6. The van der Waals surface area contributed by atoms with Gasteiger partial charge in [-0.3, -0.25) is 0 Å². The number of esters is 1. The first-order valence-electron chi connectivity index (χ1n) is 3.41. The lowest BCUT2D eigenvalue weighted by molar-refractivity contribution is -0.152. The molecule has 0 bridgehead atoms. The number of carbonyl (C=O) groups is 1. The van der Waals surface area contributed by atoms with Crippen LogP contribution in [-0.4, -0.2) is 32.0 Å². The lowest BCUT2D eigenvalue weighted by Crippen LogP contribution is -2.22. The van der Waals surface area contributed by atoms with Gasteiger partial charge in [-0.2, -0.15) is 0 Å². The Morgan fingerprint density at radius 2 is 2.09 bits per heavy atom. The topological polar surface area (TPSA) is 35.5 Å². The van der Waals surface area contributed by atoms with Gasteiger partial charge >= 0.3 is 5.97 Å². The average molecular weight is 164 g/mol. The van der Waals surface area contributed by atoms with Gasteiger partial charge in [0.1, 0.15) is 6.61 Å². The summed E-state index contributed by atoms with van der Waals surface area (Å²) in [4.78, 5) is 10.5. The van der Waals surface area contributed by atoms with E-state index in [0.717, 1.165) is 6.92 Å². The summed E-state index contributed by atoms with van der Waals surface area (Å²) in [6, 6.07) is 0. The Bertz CT molecular complexity index is 125. The quantitative estimate of drug-likeness (QED) is 0.579. The van der Waals surface area contributed by atoms with Crippen LogP contribution in [-0.2, 0) is 14.3 Å². The molecule has 0 heterocycles. The van der Waals surface area contributed by atoms with Crippen molar-refractivity contribution in [2.75, 3.05) is 13.7 Å². The Balaban J connectivity index is 3.46. The molecule has 0 amide bonds. The van der Waals surface area contributed by atoms with Crippen LogP contribution in [0.25, 0.3) is 0 Å². The van der Waals surface area contributed by atoms with E-state index in [9.17, 15) is 9.18 Å². The maximum atomic E-state index is 12.1. The smallest absolute Gasteiger partial charge is 0.340 e. The van der Waals surface area contributed by atoms with Gasteiger partial charge in [-0.15, -0.1) is 0 Å². The van der Waals surface area contributed by atoms with Crippen molar-refractivity contribution in [3.05, 3.63) is 0 Å². The van der Waals surface area contributed by atoms with Gasteiger partial charge in [0.25, 0.3) is 0 Å². The number of carbonyl (C=O) groups excluding carboxylic acids is 1. The van der Waals surface area contributed by atoms with Gasteiger partial charge in [0.05, 0.1) is 6.10 Å². The van der Waals surface area contributed by atoms with Crippen LogP contribution < -0.4 is 0 Å². The summed E-state index contributed by atoms with van der Waals surface area (Å²) in [5, 5.41) is 0. The van der Waals surface area contributed by atoms with Gasteiger partial charge in [-0.1, -0.05) is 0 Å². The van der Waals surface area contributed by atoms with Gasteiger partial charge in [-0.25, -0.2) is 9.18 Å². The molecular formula is C7H13FO3. The lowest BCUT2D eigenvalue weighted by Gasteiger charge is -2.09. The van der Waals surface area contributed by atoms with Gasteiger partial charge in [0.2, 0.25) is 0 Å². The second-order valence-electron chi connectivity index (χ2n) is 2.29. The molecule has 0 radical (unpaired) electrons. The fourth-order valence-electron chi connectivity index (χ4n) is 0.382. The number of halogens is 1. The Kier molecular flexibility index (Phi) is 4.77. The number of hydrogen-bond acceptors (Lipinski definition) is 3. The maximum absolute atomic E-state index is 12.1. The monoisotopic (exact) mass is 164 g/mol. The van der Waals surface area contributed by atoms with Crippen LogP contribution >= 0.6 is 0 Å². The van der Waals surface area contributed by atoms with Crippen molar-refractivity contribution in [1.82, 2.24) is 0 Å². The van der Waals surface area contributed by atoms with Crippen molar-refractivity contribution in [2.45, 2.75) is 26.1 Å². The second-order valence-corrected chi connectivity index (χ2v) is 2.29. The lowest BCUT2D eigenvalue weighted by atomic mass is 10.4. The maximum Gasteiger partial charge on any atom is 0.340 e. The zero-order valence-electron chi connectivity index (χ0n) is 6.96. The van der Waals surface area contributed by atoms with Crippen molar-refractivity contribution in [3.63, 3.8) is 0 Å². The molecule has 0 aromatic heterocycles. The van der Waals surface area contributed by atoms with Crippen molar-refractivity contribution in [3.8, 4) is 0 Å². The van der Waals surface area contributed by atoms with E-state index in [4.69, 9.17) is 4.74 Å². The predicted octanol–water partition coefficient (Wildman–Crippen LogP) is 0.922. The van der Waals surface area contributed by atoms with Crippen LogP contribution in [0.4, 0.5) is 4.39 Å². The molecule has 2 unspecified atom stereocenters. The largest absolute Gasteiger partial charge is 0.461 e. The first-order chi connectivity index (χ1) is 5.07. The third-order valence-corrected chi connectivity index (χ3v) is 1.19. The summed E-state index contributed by atoms with van der Waals surface area (Å²) in [6.07, 6.45) is -1.74. The SMILES string of the molecule is COC(C)COC(=O)C(C)F. The third kappa shape index (κ3) is 4.72. The zero-order chi connectivity index (χ0) is 8.85. The first-order valence-corrected chi connectivity index (χ1v) is 3.41. The molecule has 0 rings (SSSR count). The van der Waals surface area contributed by atoms with E-state index in [-0.39, 0.29) is 12.7 Å². The van der Waals surface area contributed by atoms with Crippen LogP contribution in [0.3, 0.4) is 0 Å². The third-order valence-electron chi connectivity index (χ3n) is 1.19. The van der Waals surface area contributed by atoms with E-state index in [1.165, 1.54) is 7.11 Å². The van der Waals surface area contributed by atoms with E-state index in [1.54, 1.807) is 6.92 Å². The van der Waals surface area contributed by atoms with Crippen LogP contribution in [0.2, 0.25) is 0 Å². The number of methoxy groups -OCH3 is 1. The Morgan fingerprint density at radius 1 is 1.55 bits per heavy atom. The molecule has 0 aliphatic carbocycles. The van der Waals surface area contributed by atoms with Crippen LogP contribution in [0, 0.1) is 0 Å². The van der Waals surface area contributed by atoms with E-state index in [0.29, 0.717) is 0 Å². The van der Waals surface area contributed by atoms with Gasteiger partial charge in [-0.05, 0) is 13.8 Å². The molecule has 0 saturated carbocycles. The molecular weight excluding hydrogens is 151 g/mol. The minimum absolute atomic E-state index is 0.101. The fourth-order valence-corrected chi connectivity index (χ4v) is 0.382. The summed E-state index contributed by atoms with van der Waals surface area (Å²) < 4.78 is 21.4. The fraction of sp³-hybridized carbons (Fsp3) is 0.857. The Hall–Kier alpha value is -0.640. The first kappa shape index (κ1) is 10.4. The van der Waals surface area contributed by atoms with Crippen molar-refractivity contribution >= 4 is 5.97 Å². The van der Waals surface area contributed by atoms with E-state index in [2.05, 4.69) is 4.74 Å². The predicted molar refractivity (Wildman–Crippen MR) is 38.0 cm³/mol. The highest BCUT2D eigenvalue weighted by molar-refractivity contribution is 5.73. The molecule has 0 saturated heterocycles. The molecule has 0 aromatic carbocycles. The zero-order valence-corrected chi connectivity index (χ0v) is 6.96. The number of alkyl halides is 1. The molecule has 0 N–H and O–H groups in total. The highest BCUT2D eigenvalue weighted by atomic mass is 19.1. The molecule has 3 nitrogen and oxygen atoms in total. The van der Waals surface area contributed by atoms with Crippen LogP contribution in [0.5, 0.6) is 0 Å². The molecule has 2 atom stereocenters.